The number of aliphatic carboxylic acids is 1. The number of para-hydroxylation sites is 1. The SMILES string of the molecule is C#COP(=O)(OC#C)OCCc1ccc(OC(=O)c2ccccc2OC(=O)CC[C@H](NC(=O)c2ccc(NCc3cnc4nc(N)[nH]c(=O)c4n3)cc2)C(=O)O)cc1. The van der Waals surface area contributed by atoms with Gasteiger partial charge in [-0.2, -0.15) is 4.98 Å². The first-order valence-electron chi connectivity index (χ1n) is 16.9. The Balaban J connectivity index is 1.10. The molecule has 6 N–H and O–H groups in total. The van der Waals surface area contributed by atoms with E-state index >= 15 is 0 Å². The van der Waals surface area contributed by atoms with Gasteiger partial charge in [-0.25, -0.2) is 24.1 Å². The number of amides is 1. The van der Waals surface area contributed by atoms with Crippen LogP contribution in [0.3, 0.4) is 0 Å². The zero-order chi connectivity index (χ0) is 41.7. The van der Waals surface area contributed by atoms with Crippen LogP contribution in [-0.2, 0) is 40.7 Å². The summed E-state index contributed by atoms with van der Waals surface area (Å²) in [6.45, 7) is 0.0508. The molecule has 1 atom stereocenters. The molecule has 2 aromatic heterocycles. The molecular weight excluding hydrogens is 777 g/mol. The smallest absolute Gasteiger partial charge is 0.480 e. The third-order valence-corrected chi connectivity index (χ3v) is 8.94. The highest BCUT2D eigenvalue weighted by Crippen LogP contribution is 2.48. The minimum Gasteiger partial charge on any atom is -0.480 e. The van der Waals surface area contributed by atoms with Gasteiger partial charge >= 0.3 is 25.7 Å². The first kappa shape index (κ1) is 41.4. The molecule has 0 fully saturated rings. The van der Waals surface area contributed by atoms with Crippen LogP contribution in [0.25, 0.3) is 11.2 Å². The fraction of sp³-hybridized carbons (Fsp3) is 0.158. The van der Waals surface area contributed by atoms with E-state index in [4.69, 9.17) is 32.6 Å². The number of hydrogen-bond donors (Lipinski definition) is 5. The number of benzene rings is 3. The molecular formula is C38H32N7O12P. The lowest BCUT2D eigenvalue weighted by atomic mass is 10.1. The summed E-state index contributed by atoms with van der Waals surface area (Å²) in [5, 5.41) is 15.2. The molecule has 0 aliphatic heterocycles. The number of carbonyl (C=O) groups excluding carboxylic acids is 3. The van der Waals surface area contributed by atoms with Crippen molar-refractivity contribution >= 4 is 54.4 Å². The van der Waals surface area contributed by atoms with Crippen molar-refractivity contribution in [3.63, 3.8) is 0 Å². The predicted molar refractivity (Wildman–Crippen MR) is 205 cm³/mol. The van der Waals surface area contributed by atoms with Crippen molar-refractivity contribution in [3.8, 4) is 36.6 Å². The van der Waals surface area contributed by atoms with Crippen LogP contribution >= 0.6 is 7.82 Å². The first-order chi connectivity index (χ1) is 27.9. The number of terminal acetylenes is 2. The number of H-pyrrole nitrogens is 1. The minimum absolute atomic E-state index is 0.0240. The molecule has 0 aliphatic rings. The van der Waals surface area contributed by atoms with Crippen molar-refractivity contribution in [2.75, 3.05) is 17.7 Å². The second kappa shape index (κ2) is 19.2. The number of carboxylic acid groups (broad SMARTS) is 1. The van der Waals surface area contributed by atoms with Crippen molar-refractivity contribution in [3.05, 3.63) is 112 Å². The second-order valence-corrected chi connectivity index (χ2v) is 13.3. The maximum absolute atomic E-state index is 13.0. The number of nitrogens with one attached hydrogen (secondary N) is 3. The van der Waals surface area contributed by atoms with E-state index in [0.29, 0.717) is 16.9 Å². The van der Waals surface area contributed by atoms with Gasteiger partial charge in [-0.15, -0.1) is 0 Å². The highest BCUT2D eigenvalue weighted by atomic mass is 31.2. The maximum Gasteiger partial charge on any atom is 0.604 e. The molecule has 5 rings (SSSR count). The second-order valence-electron chi connectivity index (χ2n) is 11.8. The zero-order valence-corrected chi connectivity index (χ0v) is 31.0. The third kappa shape index (κ3) is 11.4. The molecule has 19 nitrogen and oxygen atoms in total. The van der Waals surface area contributed by atoms with Crippen LogP contribution in [0.5, 0.6) is 11.5 Å². The molecule has 0 aliphatic carbocycles. The number of carbonyl (C=O) groups is 4. The number of aromatic amines is 1. The molecule has 296 valence electrons. The van der Waals surface area contributed by atoms with Gasteiger partial charge in [0.1, 0.15) is 35.3 Å². The van der Waals surface area contributed by atoms with Crippen LogP contribution in [0.1, 0.15) is 44.8 Å². The number of ether oxygens (including phenoxy) is 2. The Morgan fingerprint density at radius 1 is 0.948 bits per heavy atom. The predicted octanol–water partition coefficient (Wildman–Crippen LogP) is 3.58. The fourth-order valence-corrected chi connectivity index (χ4v) is 5.72. The molecule has 20 heteroatoms. The van der Waals surface area contributed by atoms with Crippen molar-refractivity contribution in [1.82, 2.24) is 25.3 Å². The van der Waals surface area contributed by atoms with Gasteiger partial charge in [-0.3, -0.25) is 23.9 Å². The highest BCUT2D eigenvalue weighted by Gasteiger charge is 2.28. The number of anilines is 2. The average molecular weight is 810 g/mol. The number of hydrogen-bond acceptors (Lipinski definition) is 16. The quantitative estimate of drug-likeness (QED) is 0.0366. The Morgan fingerprint density at radius 3 is 2.34 bits per heavy atom. The fourth-order valence-electron chi connectivity index (χ4n) is 5.01. The number of fused-ring (bicyclic) bond motifs is 1. The average Bonchev–Trinajstić information content (AvgIpc) is 3.19. The summed E-state index contributed by atoms with van der Waals surface area (Å²) < 4.78 is 37.0. The third-order valence-electron chi connectivity index (χ3n) is 7.78. The van der Waals surface area contributed by atoms with Crippen LogP contribution in [0.4, 0.5) is 11.6 Å². The molecule has 0 radical (unpaired) electrons. The van der Waals surface area contributed by atoms with Gasteiger partial charge in [0.15, 0.2) is 11.2 Å². The largest absolute Gasteiger partial charge is 0.604 e. The lowest BCUT2D eigenvalue weighted by molar-refractivity contribution is -0.140. The van der Waals surface area contributed by atoms with E-state index in [-0.39, 0.29) is 65.7 Å². The number of nitrogens with two attached hydrogens (primary N) is 1. The summed E-state index contributed by atoms with van der Waals surface area (Å²) in [5.41, 5.74) is 6.89. The number of carboxylic acids is 1. The van der Waals surface area contributed by atoms with Crippen LogP contribution in [0.2, 0.25) is 0 Å². The van der Waals surface area contributed by atoms with E-state index in [9.17, 15) is 33.6 Å². The highest BCUT2D eigenvalue weighted by molar-refractivity contribution is 7.48. The lowest BCUT2D eigenvalue weighted by Crippen LogP contribution is -2.41. The van der Waals surface area contributed by atoms with E-state index in [1.807, 2.05) is 0 Å². The molecule has 0 saturated carbocycles. The number of phosphoric ester groups is 1. The number of nitrogen functional groups attached to an aromatic ring is 1. The topological polar surface area (TPSA) is 273 Å². The molecule has 0 spiro atoms. The molecule has 0 saturated heterocycles. The van der Waals surface area contributed by atoms with Crippen molar-refractivity contribution in [2.45, 2.75) is 31.8 Å². The van der Waals surface area contributed by atoms with Gasteiger partial charge in [0.05, 0.1) is 25.0 Å². The van der Waals surface area contributed by atoms with Crippen molar-refractivity contribution < 1.29 is 51.9 Å². The van der Waals surface area contributed by atoms with Crippen LogP contribution in [-0.4, -0.2) is 61.5 Å². The molecule has 3 aromatic carbocycles. The van der Waals surface area contributed by atoms with Crippen LogP contribution in [0, 0.1) is 25.1 Å². The summed E-state index contributed by atoms with van der Waals surface area (Å²) in [7, 11) is -4.12. The number of esters is 2. The summed E-state index contributed by atoms with van der Waals surface area (Å²) in [6, 6.07) is 16.6. The molecule has 0 bridgehead atoms. The Labute approximate surface area is 328 Å². The van der Waals surface area contributed by atoms with Gasteiger partial charge in [-0.1, -0.05) is 37.1 Å². The van der Waals surface area contributed by atoms with Gasteiger partial charge in [-0.05, 0) is 66.9 Å². The summed E-state index contributed by atoms with van der Waals surface area (Å²) in [4.78, 5) is 77.5. The lowest BCUT2D eigenvalue weighted by Gasteiger charge is -2.15. The summed E-state index contributed by atoms with van der Waals surface area (Å²) >= 11 is 0. The van der Waals surface area contributed by atoms with E-state index in [1.54, 1.807) is 36.5 Å². The summed E-state index contributed by atoms with van der Waals surface area (Å²) in [5.74, 6) is -3.87. The minimum atomic E-state index is -4.12. The number of nitrogens with zero attached hydrogens (tertiary/aromatic N) is 3. The number of aromatic nitrogens is 4. The molecule has 58 heavy (non-hydrogen) atoms. The Kier molecular flexibility index (Phi) is 13.7. The molecule has 0 unspecified atom stereocenters. The van der Waals surface area contributed by atoms with Crippen molar-refractivity contribution in [1.29, 1.82) is 0 Å². The van der Waals surface area contributed by atoms with E-state index < -0.39 is 49.7 Å². The Hall–Kier alpha value is -7.73. The van der Waals surface area contributed by atoms with Gasteiger partial charge in [0.25, 0.3) is 11.5 Å². The number of phosphoric acid groups is 1. The van der Waals surface area contributed by atoms with Gasteiger partial charge in [0, 0.05) is 17.7 Å². The molecule has 2 heterocycles. The van der Waals surface area contributed by atoms with Crippen LogP contribution < -0.4 is 31.4 Å². The molecule has 5 aromatic rings. The van der Waals surface area contributed by atoms with E-state index in [1.165, 1.54) is 54.7 Å². The van der Waals surface area contributed by atoms with Gasteiger partial charge < -0.3 is 40.0 Å². The normalized spacial score (nSPS) is 11.3. The zero-order valence-electron chi connectivity index (χ0n) is 30.1. The van der Waals surface area contributed by atoms with Gasteiger partial charge in [0.2, 0.25) is 5.95 Å². The Bertz CT molecular complexity index is 2500. The van der Waals surface area contributed by atoms with E-state index in [0.717, 1.165) is 0 Å². The Morgan fingerprint density at radius 2 is 1.66 bits per heavy atom. The number of rotatable bonds is 18. The van der Waals surface area contributed by atoms with Crippen LogP contribution in [0.15, 0.2) is 83.8 Å². The monoisotopic (exact) mass is 809 g/mol. The molecule has 1 amide bonds. The standard InChI is InChI=1S/C38H32N7O12P/c1-3-53-58(52,54-4-2)55-20-19-23-9-15-27(16-10-23)56-37(51)28-7-5-6-8-30(28)57-31(46)18-17-29(36(49)50)43-34(47)24-11-13-25(14-12-24)40-21-26-22-41-33-32(42-26)35(48)45-38(39)44-33/h1-2,5-16,22,29,40H,17-21H2,(H,43,47)(H,49,50)(H3,39,41,44,45,48)/t29-/m0/s1. The van der Waals surface area contributed by atoms with Crippen molar-refractivity contribution in [2.24, 2.45) is 0 Å². The summed E-state index contributed by atoms with van der Waals surface area (Å²) in [6.07, 6.45) is 14.3. The maximum atomic E-state index is 13.0. The first-order valence-corrected chi connectivity index (χ1v) is 18.3. The van der Waals surface area contributed by atoms with E-state index in [2.05, 4.69) is 39.6 Å².